The van der Waals surface area contributed by atoms with Gasteiger partial charge >= 0.3 is 0 Å². The molecule has 1 aliphatic rings. The summed E-state index contributed by atoms with van der Waals surface area (Å²) in [5.74, 6) is 0.824. The predicted octanol–water partition coefficient (Wildman–Crippen LogP) is 3.89. The van der Waals surface area contributed by atoms with Gasteiger partial charge in [0.2, 0.25) is 0 Å². The van der Waals surface area contributed by atoms with Gasteiger partial charge in [-0.05, 0) is 36.3 Å². The van der Waals surface area contributed by atoms with Gasteiger partial charge in [-0.25, -0.2) is 0 Å². The lowest BCUT2D eigenvalue weighted by atomic mass is 10.1. The van der Waals surface area contributed by atoms with Crippen LogP contribution in [0.2, 0.25) is 0 Å². The fourth-order valence-corrected chi connectivity index (χ4v) is 4.04. The van der Waals surface area contributed by atoms with E-state index in [0.29, 0.717) is 6.04 Å². The summed E-state index contributed by atoms with van der Waals surface area (Å²) < 4.78 is 5.44. The molecule has 1 atom stereocenters. The predicted molar refractivity (Wildman–Crippen MR) is 145 cm³/mol. The lowest BCUT2D eigenvalue weighted by Gasteiger charge is -2.31. The van der Waals surface area contributed by atoms with Crippen molar-refractivity contribution in [3.05, 3.63) is 65.7 Å². The molecule has 0 amide bonds. The Hall–Kier alpha value is -1.84. The summed E-state index contributed by atoms with van der Waals surface area (Å²) in [6.45, 7) is 11.5. The zero-order valence-corrected chi connectivity index (χ0v) is 21.9. The Morgan fingerprint density at radius 3 is 2.25 bits per heavy atom. The lowest BCUT2D eigenvalue weighted by Crippen LogP contribution is -2.43. The molecular formula is C25H38IN5O. The minimum absolute atomic E-state index is 0. The molecule has 0 aliphatic carbocycles. The first kappa shape index (κ1) is 26.4. The highest BCUT2D eigenvalue weighted by molar-refractivity contribution is 14.0. The average molecular weight is 552 g/mol. The first-order valence-corrected chi connectivity index (χ1v) is 11.4. The molecule has 0 radical (unpaired) electrons. The fraction of sp³-hybridized carbons (Fsp3) is 0.480. The molecule has 2 aromatic rings. The van der Waals surface area contributed by atoms with E-state index in [0.717, 1.165) is 58.4 Å². The van der Waals surface area contributed by atoms with Crippen molar-refractivity contribution in [2.75, 3.05) is 57.9 Å². The maximum Gasteiger partial charge on any atom is 0.191 e. The van der Waals surface area contributed by atoms with Gasteiger partial charge in [0.05, 0.1) is 19.3 Å². The molecule has 2 aromatic carbocycles. The van der Waals surface area contributed by atoms with Crippen LogP contribution < -0.4 is 15.5 Å². The van der Waals surface area contributed by atoms with Gasteiger partial charge in [-0.2, -0.15) is 0 Å². The van der Waals surface area contributed by atoms with Crippen LogP contribution in [0.1, 0.15) is 31.0 Å². The molecule has 2 N–H and O–H groups in total. The number of guanidine groups is 1. The quantitative estimate of drug-likeness (QED) is 0.282. The number of ether oxygens (including phenoxy) is 1. The first-order valence-electron chi connectivity index (χ1n) is 11.4. The molecule has 1 fully saturated rings. The minimum Gasteiger partial charge on any atom is -0.378 e. The molecule has 1 heterocycles. The number of hydrogen-bond acceptors (Lipinski definition) is 4. The van der Waals surface area contributed by atoms with Crippen molar-refractivity contribution >= 4 is 35.6 Å². The summed E-state index contributed by atoms with van der Waals surface area (Å²) in [4.78, 5) is 9.27. The van der Waals surface area contributed by atoms with E-state index in [-0.39, 0.29) is 24.0 Å². The number of aliphatic imine (C=N–C) groups is 1. The molecule has 1 unspecified atom stereocenters. The number of likely N-dealkylation sites (N-methyl/N-ethyl adjacent to an activating group) is 1. The molecule has 3 rings (SSSR count). The highest BCUT2D eigenvalue weighted by Crippen LogP contribution is 2.19. The van der Waals surface area contributed by atoms with E-state index in [1.54, 1.807) is 0 Å². The molecule has 0 bridgehead atoms. The van der Waals surface area contributed by atoms with Crippen molar-refractivity contribution in [2.24, 2.45) is 4.99 Å². The Morgan fingerprint density at radius 1 is 1.00 bits per heavy atom. The van der Waals surface area contributed by atoms with Crippen LogP contribution in [0.3, 0.4) is 0 Å². The Morgan fingerprint density at radius 2 is 1.66 bits per heavy atom. The molecule has 176 valence electrons. The van der Waals surface area contributed by atoms with Crippen LogP contribution in [0, 0.1) is 0 Å². The molecule has 32 heavy (non-hydrogen) atoms. The Bertz CT molecular complexity index is 790. The number of halogens is 1. The third-order valence-corrected chi connectivity index (χ3v) is 5.90. The van der Waals surface area contributed by atoms with Crippen LogP contribution in [-0.2, 0) is 11.3 Å². The molecule has 7 heteroatoms. The molecule has 1 saturated heterocycles. The molecule has 1 aliphatic heterocycles. The largest absolute Gasteiger partial charge is 0.378 e. The second-order valence-electron chi connectivity index (χ2n) is 7.72. The Balaban J connectivity index is 0.00000363. The van der Waals surface area contributed by atoms with E-state index in [1.165, 1.54) is 16.8 Å². The van der Waals surface area contributed by atoms with Gasteiger partial charge in [0, 0.05) is 38.9 Å². The SMILES string of the molecule is CCN(CC)C(CNC(=NC)NCc1ccc(N2CCOCC2)cc1)c1ccccc1.I. The van der Waals surface area contributed by atoms with Crippen molar-refractivity contribution in [1.29, 1.82) is 0 Å². The third kappa shape index (κ3) is 7.64. The van der Waals surface area contributed by atoms with Gasteiger partial charge in [0.25, 0.3) is 0 Å². The zero-order valence-electron chi connectivity index (χ0n) is 19.6. The van der Waals surface area contributed by atoms with Crippen LogP contribution in [0.15, 0.2) is 59.6 Å². The summed E-state index contributed by atoms with van der Waals surface area (Å²) in [6, 6.07) is 19.8. The third-order valence-electron chi connectivity index (χ3n) is 5.90. The highest BCUT2D eigenvalue weighted by Gasteiger charge is 2.18. The van der Waals surface area contributed by atoms with Gasteiger partial charge in [0.1, 0.15) is 0 Å². The standard InChI is InChI=1S/C25H37N5O.HI/c1-4-29(5-2)24(22-9-7-6-8-10-22)20-28-25(26-3)27-19-21-11-13-23(14-12-21)30-15-17-31-18-16-30;/h6-14,24H,4-5,15-20H2,1-3H3,(H2,26,27,28);1H. The Kier molecular flexibility index (Phi) is 11.8. The topological polar surface area (TPSA) is 52.1 Å². The smallest absolute Gasteiger partial charge is 0.191 e. The zero-order chi connectivity index (χ0) is 21.9. The van der Waals surface area contributed by atoms with Crippen molar-refractivity contribution in [3.63, 3.8) is 0 Å². The number of hydrogen-bond donors (Lipinski definition) is 2. The van der Waals surface area contributed by atoms with Crippen LogP contribution in [0.25, 0.3) is 0 Å². The van der Waals surface area contributed by atoms with E-state index < -0.39 is 0 Å². The van der Waals surface area contributed by atoms with E-state index in [9.17, 15) is 0 Å². The summed E-state index contributed by atoms with van der Waals surface area (Å²) >= 11 is 0. The van der Waals surface area contributed by atoms with Gasteiger partial charge in [-0.3, -0.25) is 9.89 Å². The summed E-state index contributed by atoms with van der Waals surface area (Å²) in [7, 11) is 1.83. The van der Waals surface area contributed by atoms with Gasteiger partial charge in [0.15, 0.2) is 5.96 Å². The van der Waals surface area contributed by atoms with Crippen molar-refractivity contribution in [1.82, 2.24) is 15.5 Å². The van der Waals surface area contributed by atoms with Crippen molar-refractivity contribution in [3.8, 4) is 0 Å². The second kappa shape index (κ2) is 14.3. The molecule has 0 spiro atoms. The summed E-state index contributed by atoms with van der Waals surface area (Å²) in [6.07, 6.45) is 0. The number of nitrogens with one attached hydrogen (secondary N) is 2. The highest BCUT2D eigenvalue weighted by atomic mass is 127. The summed E-state index contributed by atoms with van der Waals surface area (Å²) in [5, 5.41) is 6.98. The van der Waals surface area contributed by atoms with Crippen LogP contribution in [0.5, 0.6) is 0 Å². The van der Waals surface area contributed by atoms with E-state index in [1.807, 2.05) is 7.05 Å². The van der Waals surface area contributed by atoms with E-state index in [4.69, 9.17) is 4.74 Å². The Labute approximate surface area is 210 Å². The number of anilines is 1. The fourth-order valence-electron chi connectivity index (χ4n) is 4.04. The van der Waals surface area contributed by atoms with Gasteiger partial charge < -0.3 is 20.3 Å². The van der Waals surface area contributed by atoms with Crippen molar-refractivity contribution in [2.45, 2.75) is 26.4 Å². The molecular weight excluding hydrogens is 513 g/mol. The normalized spacial score (nSPS) is 15.2. The van der Waals surface area contributed by atoms with Crippen molar-refractivity contribution < 1.29 is 4.74 Å². The average Bonchev–Trinajstić information content (AvgIpc) is 2.85. The maximum absolute atomic E-state index is 5.44. The van der Waals surface area contributed by atoms with E-state index >= 15 is 0 Å². The monoisotopic (exact) mass is 551 g/mol. The summed E-state index contributed by atoms with van der Waals surface area (Å²) in [5.41, 5.74) is 3.83. The maximum atomic E-state index is 5.44. The lowest BCUT2D eigenvalue weighted by molar-refractivity contribution is 0.122. The first-order chi connectivity index (χ1) is 15.2. The van der Waals surface area contributed by atoms with Crippen LogP contribution in [-0.4, -0.2) is 63.8 Å². The van der Waals surface area contributed by atoms with Crippen LogP contribution in [0.4, 0.5) is 5.69 Å². The molecule has 6 nitrogen and oxygen atoms in total. The number of nitrogens with zero attached hydrogens (tertiary/aromatic N) is 3. The number of morpholine rings is 1. The number of benzene rings is 2. The van der Waals surface area contributed by atoms with Gasteiger partial charge in [-0.1, -0.05) is 56.3 Å². The second-order valence-corrected chi connectivity index (χ2v) is 7.72. The minimum atomic E-state index is 0. The molecule has 0 saturated carbocycles. The van der Waals surface area contributed by atoms with Gasteiger partial charge in [-0.15, -0.1) is 24.0 Å². The molecule has 0 aromatic heterocycles. The number of rotatable bonds is 9. The van der Waals surface area contributed by atoms with Crippen LogP contribution >= 0.6 is 24.0 Å². The van der Waals surface area contributed by atoms with E-state index in [2.05, 4.69) is 93.9 Å².